The van der Waals surface area contributed by atoms with E-state index in [4.69, 9.17) is 16.5 Å². The molecule has 1 heterocycles. The lowest BCUT2D eigenvalue weighted by Crippen LogP contribution is -2.51. The van der Waals surface area contributed by atoms with E-state index in [1.807, 2.05) is 0 Å². The van der Waals surface area contributed by atoms with Gasteiger partial charge < -0.3 is 16.5 Å². The van der Waals surface area contributed by atoms with Gasteiger partial charge in [-0.15, -0.1) is 0 Å². The van der Waals surface area contributed by atoms with E-state index in [1.165, 1.54) is 0 Å². The highest BCUT2D eigenvalue weighted by atomic mass is 28.5. The molecule has 1 fully saturated rings. The monoisotopic (exact) mass is 396 g/mol. The molecule has 0 atom stereocenters. The van der Waals surface area contributed by atoms with Crippen molar-refractivity contribution in [1.82, 2.24) is 0 Å². The van der Waals surface area contributed by atoms with Crippen LogP contribution in [-0.4, -0.2) is 37.1 Å². The van der Waals surface area contributed by atoms with Crippen molar-refractivity contribution in [1.29, 1.82) is 0 Å². The number of rotatable bonds is 8. The van der Waals surface area contributed by atoms with Gasteiger partial charge in [-0.2, -0.15) is 0 Å². The molecule has 0 amide bonds. The zero-order chi connectivity index (χ0) is 18.3. The van der Waals surface area contributed by atoms with E-state index in [-0.39, 0.29) is 0 Å². The Labute approximate surface area is 154 Å². The van der Waals surface area contributed by atoms with Crippen LogP contribution in [0.3, 0.4) is 0 Å². The summed E-state index contributed by atoms with van der Waals surface area (Å²) in [5.41, 5.74) is 0. The van der Waals surface area contributed by atoms with Crippen LogP contribution in [-0.2, 0) is 16.5 Å². The summed E-state index contributed by atoms with van der Waals surface area (Å²) in [4.78, 5) is 0. The minimum atomic E-state index is -1.68. The lowest BCUT2D eigenvalue weighted by Gasteiger charge is -2.33. The van der Waals surface area contributed by atoms with Crippen molar-refractivity contribution >= 4 is 37.1 Å². The summed E-state index contributed by atoms with van der Waals surface area (Å²) in [5, 5.41) is 3.93. The second-order valence-corrected chi connectivity index (χ2v) is 13.8. The van der Waals surface area contributed by atoms with Gasteiger partial charge in [-0.3, -0.25) is 0 Å². The fourth-order valence-corrected chi connectivity index (χ4v) is 12.2. The highest BCUT2D eigenvalue weighted by Crippen LogP contribution is 2.23. The lowest BCUT2D eigenvalue weighted by molar-refractivity contribution is 0.296. The van der Waals surface area contributed by atoms with Gasteiger partial charge >= 0.3 is 37.1 Å². The van der Waals surface area contributed by atoms with Gasteiger partial charge in [0.25, 0.3) is 0 Å². The average molecular weight is 397 g/mol. The maximum Gasteiger partial charge on any atom is 0.399 e. The molecule has 0 spiro atoms. The summed E-state index contributed by atoms with van der Waals surface area (Å²) in [6.45, 7) is 24.7. The Morgan fingerprint density at radius 2 is 0.667 bits per heavy atom. The lowest BCUT2D eigenvalue weighted by atomic mass is 10.5. The molecule has 1 rings (SSSR count). The summed E-state index contributed by atoms with van der Waals surface area (Å²) >= 11 is 0. The first-order valence-corrected chi connectivity index (χ1v) is 13.6. The van der Waals surface area contributed by atoms with Crippen LogP contribution in [0.4, 0.5) is 0 Å². The van der Waals surface area contributed by atoms with Crippen LogP contribution in [0.1, 0.15) is 53.4 Å². The predicted molar refractivity (Wildman–Crippen MR) is 105 cm³/mol. The first-order chi connectivity index (χ1) is 11.4. The van der Waals surface area contributed by atoms with Crippen molar-refractivity contribution in [2.75, 3.05) is 0 Å². The highest BCUT2D eigenvalue weighted by molar-refractivity contribution is 6.81. The normalized spacial score (nSPS) is 18.8. The quantitative estimate of drug-likeness (QED) is 0.580. The molecule has 4 radical (unpaired) electrons. The topological polar surface area (TPSA) is 36.9 Å². The summed E-state index contributed by atoms with van der Waals surface area (Å²) in [5.74, 6) is 0. The van der Waals surface area contributed by atoms with Gasteiger partial charge in [0, 0.05) is 0 Å². The van der Waals surface area contributed by atoms with Crippen molar-refractivity contribution in [3.63, 3.8) is 0 Å². The SMILES string of the molecule is C=C(CC)[Si]1O[Si](C(=C)CC)O[Si](C(=C)CC)O[Si](C(=C)CC)O1. The van der Waals surface area contributed by atoms with Crippen molar-refractivity contribution in [2.45, 2.75) is 53.4 Å². The van der Waals surface area contributed by atoms with E-state index in [0.29, 0.717) is 0 Å². The smallest absolute Gasteiger partial charge is 0.399 e. The molecule has 0 aromatic heterocycles. The van der Waals surface area contributed by atoms with E-state index >= 15 is 0 Å². The molecule has 0 N–H and O–H groups in total. The zero-order valence-electron chi connectivity index (χ0n) is 15.3. The Kier molecular flexibility index (Phi) is 9.60. The molecule has 0 saturated carbocycles. The summed E-state index contributed by atoms with van der Waals surface area (Å²) in [6, 6.07) is 0. The minimum absolute atomic E-state index is 0.815. The summed E-state index contributed by atoms with van der Waals surface area (Å²) < 4.78 is 25.2. The largest absolute Gasteiger partial charge is 0.407 e. The van der Waals surface area contributed by atoms with Gasteiger partial charge in [-0.1, -0.05) is 54.0 Å². The maximum absolute atomic E-state index is 6.30. The second kappa shape index (κ2) is 10.6. The van der Waals surface area contributed by atoms with Gasteiger partial charge in [0.2, 0.25) is 0 Å². The van der Waals surface area contributed by atoms with Crippen molar-refractivity contribution in [3.8, 4) is 0 Å². The Balaban J connectivity index is 3.12. The van der Waals surface area contributed by atoms with Crippen LogP contribution in [0.15, 0.2) is 47.1 Å². The molecule has 0 aromatic rings. The number of hydrogen-bond donors (Lipinski definition) is 0. The molecular formula is C16H28O4Si4. The number of allylic oxidation sites excluding steroid dienone is 4. The predicted octanol–water partition coefficient (Wildman–Crippen LogP) is 4.04. The average Bonchev–Trinajstić information content (AvgIpc) is 2.59. The molecule has 8 heteroatoms. The van der Waals surface area contributed by atoms with Crippen LogP contribution >= 0.6 is 0 Å². The highest BCUT2D eigenvalue weighted by Gasteiger charge is 2.41. The van der Waals surface area contributed by atoms with Crippen LogP contribution in [0, 0.1) is 0 Å². The maximum atomic E-state index is 6.30. The van der Waals surface area contributed by atoms with E-state index in [9.17, 15) is 0 Å². The first-order valence-electron chi connectivity index (χ1n) is 8.29. The third kappa shape index (κ3) is 5.88. The standard InChI is InChI=1S/C16H28O4Si4/c1-9-13(5)21-17-22(14(6)10-2)19-24(16(8)12-4)20-23(18-21)15(7)11-3/h5-12H2,1-4H3. The third-order valence-corrected chi connectivity index (χ3v) is 13.3. The molecule has 0 unspecified atom stereocenters. The molecule has 1 saturated heterocycles. The van der Waals surface area contributed by atoms with Gasteiger partial charge in [-0.05, 0) is 46.5 Å². The molecular weight excluding hydrogens is 369 g/mol. The molecule has 0 aliphatic carbocycles. The van der Waals surface area contributed by atoms with Gasteiger partial charge in [0.1, 0.15) is 0 Å². The van der Waals surface area contributed by atoms with Crippen LogP contribution in [0.25, 0.3) is 0 Å². The van der Waals surface area contributed by atoms with Crippen molar-refractivity contribution < 1.29 is 16.5 Å². The second-order valence-electron chi connectivity index (χ2n) is 5.39. The van der Waals surface area contributed by atoms with E-state index in [2.05, 4.69) is 54.0 Å². The minimum Gasteiger partial charge on any atom is -0.407 e. The molecule has 132 valence electrons. The summed E-state index contributed by atoms with van der Waals surface area (Å²) in [6.07, 6.45) is 3.26. The van der Waals surface area contributed by atoms with E-state index < -0.39 is 37.1 Å². The molecule has 24 heavy (non-hydrogen) atoms. The first kappa shape index (κ1) is 21.7. The van der Waals surface area contributed by atoms with Gasteiger partial charge in [0.15, 0.2) is 0 Å². The molecule has 4 nitrogen and oxygen atoms in total. The molecule has 0 aromatic carbocycles. The van der Waals surface area contributed by atoms with E-state index in [0.717, 1.165) is 46.5 Å². The fourth-order valence-electron chi connectivity index (χ4n) is 1.57. The van der Waals surface area contributed by atoms with Crippen molar-refractivity contribution in [3.05, 3.63) is 47.1 Å². The van der Waals surface area contributed by atoms with Crippen molar-refractivity contribution in [2.24, 2.45) is 0 Å². The molecule has 1 aliphatic rings. The summed E-state index contributed by atoms with van der Waals surface area (Å²) in [7, 11) is -6.74. The Hall–Kier alpha value is -0.332. The van der Waals surface area contributed by atoms with Crippen LogP contribution in [0.5, 0.6) is 0 Å². The Morgan fingerprint density at radius 3 is 0.792 bits per heavy atom. The number of hydrogen-bond acceptors (Lipinski definition) is 4. The van der Waals surface area contributed by atoms with Gasteiger partial charge in [-0.25, -0.2) is 0 Å². The fraction of sp³-hybridized carbons (Fsp3) is 0.500. The Morgan fingerprint density at radius 1 is 0.500 bits per heavy atom. The van der Waals surface area contributed by atoms with Crippen LogP contribution in [0.2, 0.25) is 0 Å². The molecule has 1 aliphatic heterocycles. The van der Waals surface area contributed by atoms with Gasteiger partial charge in [0.05, 0.1) is 0 Å². The Bertz CT molecular complexity index is 398. The zero-order valence-corrected chi connectivity index (χ0v) is 19.3. The van der Waals surface area contributed by atoms with Crippen LogP contribution < -0.4 is 0 Å². The molecule has 0 bridgehead atoms. The third-order valence-electron chi connectivity index (χ3n) is 3.60. The van der Waals surface area contributed by atoms with E-state index in [1.54, 1.807) is 0 Å².